The minimum Gasteiger partial charge on any atom is -0.490 e. The summed E-state index contributed by atoms with van der Waals surface area (Å²) >= 11 is 5.86. The third kappa shape index (κ3) is 5.66. The molecule has 0 aliphatic rings. The van der Waals surface area contributed by atoms with Crippen molar-refractivity contribution < 1.29 is 27.1 Å². The van der Waals surface area contributed by atoms with Crippen LogP contribution in [0.1, 0.15) is 5.56 Å². The first kappa shape index (κ1) is 21.1. The van der Waals surface area contributed by atoms with Gasteiger partial charge in [-0.15, -0.1) is 0 Å². The number of carbonyl (C=O) groups excluding carboxylic acids is 1. The Morgan fingerprint density at radius 1 is 1.11 bits per heavy atom. The Morgan fingerprint density at radius 2 is 1.78 bits per heavy atom. The minimum atomic E-state index is -3.50. The van der Waals surface area contributed by atoms with Gasteiger partial charge in [0.1, 0.15) is 24.8 Å². The number of benzene rings is 2. The Kier molecular flexibility index (Phi) is 7.18. The molecule has 0 bridgehead atoms. The first-order chi connectivity index (χ1) is 12.7. The highest BCUT2D eigenvalue weighted by Gasteiger charge is 2.17. The minimum absolute atomic E-state index is 0.0390. The van der Waals surface area contributed by atoms with Gasteiger partial charge in [0.2, 0.25) is 10.0 Å². The quantitative estimate of drug-likeness (QED) is 0.489. The van der Waals surface area contributed by atoms with E-state index in [9.17, 15) is 17.6 Å². The van der Waals surface area contributed by atoms with Crippen molar-refractivity contribution in [3.8, 4) is 5.75 Å². The lowest BCUT2D eigenvalue weighted by Gasteiger charge is -2.12. The summed E-state index contributed by atoms with van der Waals surface area (Å²) in [6.45, 7) is 0.0270. The van der Waals surface area contributed by atoms with Crippen molar-refractivity contribution in [2.24, 2.45) is 0 Å². The molecule has 0 amide bonds. The summed E-state index contributed by atoms with van der Waals surface area (Å²) in [7, 11) is -0.606. The summed E-state index contributed by atoms with van der Waals surface area (Å²) in [5.41, 5.74) is 0.0859. The molecule has 0 saturated carbocycles. The maximum Gasteiger partial charge on any atom is 0.310 e. The van der Waals surface area contributed by atoms with Gasteiger partial charge in [-0.1, -0.05) is 17.7 Å². The topological polar surface area (TPSA) is 72.9 Å². The smallest absolute Gasteiger partial charge is 0.310 e. The lowest BCUT2D eigenvalue weighted by molar-refractivity contribution is -0.143. The van der Waals surface area contributed by atoms with Gasteiger partial charge in [-0.3, -0.25) is 4.79 Å². The van der Waals surface area contributed by atoms with Crippen molar-refractivity contribution in [2.75, 3.05) is 27.3 Å². The van der Waals surface area contributed by atoms with Crippen LogP contribution in [0.25, 0.3) is 0 Å². The lowest BCUT2D eigenvalue weighted by Crippen LogP contribution is -2.22. The predicted octanol–water partition coefficient (Wildman–Crippen LogP) is 2.89. The zero-order valence-electron chi connectivity index (χ0n) is 14.8. The number of ether oxygens (including phenoxy) is 2. The third-order valence-electron chi connectivity index (χ3n) is 3.60. The summed E-state index contributed by atoms with van der Waals surface area (Å²) < 4.78 is 49.1. The normalized spacial score (nSPS) is 11.4. The zero-order chi connectivity index (χ0) is 20.0. The van der Waals surface area contributed by atoms with Gasteiger partial charge < -0.3 is 9.47 Å². The average Bonchev–Trinajstić information content (AvgIpc) is 2.62. The maximum absolute atomic E-state index is 13.6. The molecule has 0 saturated heterocycles. The van der Waals surface area contributed by atoms with Gasteiger partial charge in [0.05, 0.1) is 11.3 Å². The van der Waals surface area contributed by atoms with Crippen molar-refractivity contribution in [1.82, 2.24) is 4.31 Å². The summed E-state index contributed by atoms with van der Waals surface area (Å²) in [6, 6.07) is 10.0. The van der Waals surface area contributed by atoms with Crippen LogP contribution in [-0.2, 0) is 26.0 Å². The summed E-state index contributed by atoms with van der Waals surface area (Å²) in [5, 5.41) is 0.163. The van der Waals surface area contributed by atoms with E-state index in [1.807, 2.05) is 0 Å². The van der Waals surface area contributed by atoms with Crippen molar-refractivity contribution in [3.63, 3.8) is 0 Å². The van der Waals surface area contributed by atoms with Gasteiger partial charge in [-0.2, -0.15) is 0 Å². The second kappa shape index (κ2) is 9.16. The third-order valence-corrected chi connectivity index (χ3v) is 5.78. The Labute approximate surface area is 162 Å². The van der Waals surface area contributed by atoms with Crippen LogP contribution in [0.15, 0.2) is 47.4 Å². The molecule has 0 radical (unpaired) electrons. The number of esters is 1. The Morgan fingerprint density at radius 3 is 2.37 bits per heavy atom. The molecule has 6 nitrogen and oxygen atoms in total. The number of carbonyl (C=O) groups is 1. The second-order valence-corrected chi connectivity index (χ2v) is 8.26. The van der Waals surface area contributed by atoms with Gasteiger partial charge in [0, 0.05) is 24.7 Å². The summed E-state index contributed by atoms with van der Waals surface area (Å²) in [5.74, 6) is -0.762. The van der Waals surface area contributed by atoms with Gasteiger partial charge in [-0.05, 0) is 36.4 Å². The van der Waals surface area contributed by atoms with Crippen LogP contribution in [0.5, 0.6) is 5.75 Å². The number of hydrogen-bond acceptors (Lipinski definition) is 5. The van der Waals surface area contributed by atoms with Crippen LogP contribution < -0.4 is 4.74 Å². The fourth-order valence-electron chi connectivity index (χ4n) is 2.13. The fraction of sp³-hybridized carbons (Fsp3) is 0.278. The first-order valence-electron chi connectivity index (χ1n) is 7.95. The fourth-order valence-corrected chi connectivity index (χ4v) is 3.26. The molecule has 0 aliphatic carbocycles. The van der Waals surface area contributed by atoms with Crippen LogP contribution in [0.4, 0.5) is 4.39 Å². The number of halogens is 2. The summed E-state index contributed by atoms with van der Waals surface area (Å²) in [6.07, 6.45) is -0.275. The van der Waals surface area contributed by atoms with Gasteiger partial charge in [0.15, 0.2) is 0 Å². The first-order valence-corrected chi connectivity index (χ1v) is 9.77. The van der Waals surface area contributed by atoms with Gasteiger partial charge in [0.25, 0.3) is 0 Å². The molecule has 0 aliphatic heterocycles. The highest BCUT2D eigenvalue weighted by atomic mass is 35.5. The van der Waals surface area contributed by atoms with Crippen LogP contribution in [0.2, 0.25) is 5.02 Å². The molecular weight excluding hydrogens is 397 g/mol. The van der Waals surface area contributed by atoms with Crippen molar-refractivity contribution in [3.05, 3.63) is 58.9 Å². The van der Waals surface area contributed by atoms with E-state index in [4.69, 9.17) is 21.1 Å². The van der Waals surface area contributed by atoms with Crippen molar-refractivity contribution >= 4 is 27.6 Å². The van der Waals surface area contributed by atoms with E-state index in [0.717, 1.165) is 4.31 Å². The predicted molar refractivity (Wildman–Crippen MR) is 98.9 cm³/mol. The molecule has 0 atom stereocenters. The molecular formula is C18H19ClFNO5S. The number of hydrogen-bond donors (Lipinski definition) is 0. The van der Waals surface area contributed by atoms with Crippen molar-refractivity contribution in [1.29, 1.82) is 0 Å². The molecule has 2 aromatic carbocycles. The second-order valence-electron chi connectivity index (χ2n) is 5.70. The molecule has 0 fully saturated rings. The molecule has 146 valence electrons. The van der Waals surface area contributed by atoms with Crippen LogP contribution in [0, 0.1) is 5.82 Å². The average molecular weight is 416 g/mol. The van der Waals surface area contributed by atoms with E-state index in [-0.39, 0.29) is 35.1 Å². The lowest BCUT2D eigenvalue weighted by atomic mass is 10.1. The molecule has 0 unspecified atom stereocenters. The highest BCUT2D eigenvalue weighted by Crippen LogP contribution is 2.20. The van der Waals surface area contributed by atoms with Crippen LogP contribution >= 0.6 is 11.6 Å². The molecule has 2 rings (SSSR count). The molecule has 0 heterocycles. The molecule has 0 spiro atoms. The van der Waals surface area contributed by atoms with Crippen molar-refractivity contribution in [2.45, 2.75) is 11.3 Å². The van der Waals surface area contributed by atoms with Crippen LogP contribution in [0.3, 0.4) is 0 Å². The van der Waals surface area contributed by atoms with Gasteiger partial charge >= 0.3 is 5.97 Å². The van der Waals surface area contributed by atoms with E-state index < -0.39 is 21.8 Å². The van der Waals surface area contributed by atoms with E-state index in [1.54, 1.807) is 0 Å². The molecule has 2 aromatic rings. The SMILES string of the molecule is CN(C)S(=O)(=O)c1ccc(OCCOC(=O)Cc2c(F)cccc2Cl)cc1. The number of sulfonamides is 1. The monoisotopic (exact) mass is 415 g/mol. The maximum atomic E-state index is 13.6. The Hall–Kier alpha value is -2.16. The number of rotatable bonds is 8. The Balaban J connectivity index is 1.81. The van der Waals surface area contributed by atoms with E-state index in [0.29, 0.717) is 5.75 Å². The molecule has 27 heavy (non-hydrogen) atoms. The highest BCUT2D eigenvalue weighted by molar-refractivity contribution is 7.89. The molecule has 0 N–H and O–H groups in total. The summed E-state index contributed by atoms with van der Waals surface area (Å²) in [4.78, 5) is 11.9. The zero-order valence-corrected chi connectivity index (χ0v) is 16.4. The van der Waals surface area contributed by atoms with E-state index >= 15 is 0 Å². The standard InChI is InChI=1S/C18H19ClFNO5S/c1-21(2)27(23,24)14-8-6-13(7-9-14)25-10-11-26-18(22)12-15-16(19)4-3-5-17(15)20/h3-9H,10-12H2,1-2H3. The number of nitrogens with zero attached hydrogens (tertiary/aromatic N) is 1. The van der Waals surface area contributed by atoms with E-state index in [2.05, 4.69) is 0 Å². The Bertz CT molecular complexity index is 880. The van der Waals surface area contributed by atoms with E-state index in [1.165, 1.54) is 56.6 Å². The van der Waals surface area contributed by atoms with Crippen LogP contribution in [-0.4, -0.2) is 46.0 Å². The molecule has 0 aromatic heterocycles. The largest absolute Gasteiger partial charge is 0.490 e. The van der Waals surface area contributed by atoms with Gasteiger partial charge in [-0.25, -0.2) is 17.1 Å². The molecule has 9 heteroatoms.